The van der Waals surface area contributed by atoms with E-state index in [0.717, 1.165) is 0 Å². The van der Waals surface area contributed by atoms with Crippen LogP contribution in [0.3, 0.4) is 0 Å². The normalized spacial score (nSPS) is 20.7. The average Bonchev–Trinajstić information content (AvgIpc) is 2.98. The molecular weight excluding hydrogens is 168 g/mol. The minimum absolute atomic E-state index is 0.473. The third-order valence-corrected chi connectivity index (χ3v) is 2.45. The molecule has 0 aliphatic heterocycles. The van der Waals surface area contributed by atoms with Gasteiger partial charge in [-0.15, -0.1) is 0 Å². The first kappa shape index (κ1) is 8.53. The standard InChI is InChI=1S/C9H14N2O2/c1-13-9(12)11-10-8(6-2-3-6)7-4-5-7/h6-7H,2-5H2,1H3,(H,11,12). The Morgan fingerprint density at radius 2 is 1.85 bits per heavy atom. The number of nitrogens with zero attached hydrogens (tertiary/aromatic N) is 1. The molecule has 2 aliphatic rings. The van der Waals surface area contributed by atoms with Crippen LogP contribution in [-0.2, 0) is 4.74 Å². The lowest BCUT2D eigenvalue weighted by atomic mass is 10.2. The summed E-state index contributed by atoms with van der Waals surface area (Å²) < 4.78 is 4.44. The molecule has 1 N–H and O–H groups in total. The summed E-state index contributed by atoms with van der Waals surface area (Å²) in [6.07, 6.45) is 4.46. The van der Waals surface area contributed by atoms with E-state index in [1.807, 2.05) is 0 Å². The number of amides is 1. The van der Waals surface area contributed by atoms with Crippen molar-refractivity contribution in [1.82, 2.24) is 5.43 Å². The molecule has 4 heteroatoms. The average molecular weight is 182 g/mol. The molecule has 0 heterocycles. The van der Waals surface area contributed by atoms with Gasteiger partial charge in [-0.2, -0.15) is 5.10 Å². The summed E-state index contributed by atoms with van der Waals surface area (Å²) in [4.78, 5) is 10.8. The first-order valence-electron chi connectivity index (χ1n) is 4.72. The van der Waals surface area contributed by atoms with Crippen molar-refractivity contribution in [2.24, 2.45) is 16.9 Å². The number of hydrogen-bond donors (Lipinski definition) is 1. The molecule has 0 saturated heterocycles. The fraction of sp³-hybridized carbons (Fsp3) is 0.778. The molecule has 1 amide bonds. The third kappa shape index (κ3) is 2.20. The summed E-state index contributed by atoms with van der Waals surface area (Å²) in [5.74, 6) is 1.29. The van der Waals surface area contributed by atoms with Gasteiger partial charge in [-0.05, 0) is 37.5 Å². The number of nitrogens with one attached hydrogen (secondary N) is 1. The van der Waals surface area contributed by atoms with Crippen LogP contribution in [-0.4, -0.2) is 18.9 Å². The zero-order chi connectivity index (χ0) is 9.26. The van der Waals surface area contributed by atoms with Crippen LogP contribution in [0.25, 0.3) is 0 Å². The van der Waals surface area contributed by atoms with Gasteiger partial charge in [0.2, 0.25) is 0 Å². The second-order valence-electron chi connectivity index (χ2n) is 3.69. The van der Waals surface area contributed by atoms with Gasteiger partial charge in [0, 0.05) is 5.71 Å². The zero-order valence-electron chi connectivity index (χ0n) is 7.75. The maximum atomic E-state index is 10.8. The van der Waals surface area contributed by atoms with Crippen LogP contribution in [0.1, 0.15) is 25.7 Å². The largest absolute Gasteiger partial charge is 0.452 e. The van der Waals surface area contributed by atoms with Gasteiger partial charge in [0.05, 0.1) is 7.11 Å². The Morgan fingerprint density at radius 1 is 1.31 bits per heavy atom. The highest BCUT2D eigenvalue weighted by Crippen LogP contribution is 2.41. The molecule has 0 atom stereocenters. The first-order chi connectivity index (χ1) is 6.31. The summed E-state index contributed by atoms with van der Waals surface area (Å²) in [6.45, 7) is 0. The van der Waals surface area contributed by atoms with Gasteiger partial charge in [-0.3, -0.25) is 0 Å². The first-order valence-corrected chi connectivity index (χ1v) is 4.72. The lowest BCUT2D eigenvalue weighted by molar-refractivity contribution is 0.171. The van der Waals surface area contributed by atoms with Crippen molar-refractivity contribution < 1.29 is 9.53 Å². The van der Waals surface area contributed by atoms with Gasteiger partial charge in [0.1, 0.15) is 0 Å². The minimum atomic E-state index is -0.473. The number of hydrogen-bond acceptors (Lipinski definition) is 3. The van der Waals surface area contributed by atoms with E-state index < -0.39 is 6.09 Å². The smallest absolute Gasteiger partial charge is 0.427 e. The van der Waals surface area contributed by atoms with Crippen LogP contribution in [0.15, 0.2) is 5.10 Å². The number of methoxy groups -OCH3 is 1. The van der Waals surface area contributed by atoms with Crippen LogP contribution >= 0.6 is 0 Å². The second kappa shape index (κ2) is 3.36. The quantitative estimate of drug-likeness (QED) is 0.531. The van der Waals surface area contributed by atoms with E-state index in [0.29, 0.717) is 11.8 Å². The molecule has 2 aliphatic carbocycles. The SMILES string of the molecule is COC(=O)NN=C(C1CC1)C1CC1. The molecule has 2 fully saturated rings. The summed E-state index contributed by atoms with van der Waals surface area (Å²) in [5, 5.41) is 4.11. The lowest BCUT2D eigenvalue weighted by Gasteiger charge is -2.02. The Kier molecular flexibility index (Phi) is 2.20. The van der Waals surface area contributed by atoms with Crippen molar-refractivity contribution in [3.05, 3.63) is 0 Å². The van der Waals surface area contributed by atoms with E-state index in [1.165, 1.54) is 38.5 Å². The lowest BCUT2D eigenvalue weighted by Crippen LogP contribution is -2.20. The highest BCUT2D eigenvalue weighted by atomic mass is 16.5. The van der Waals surface area contributed by atoms with Crippen molar-refractivity contribution in [1.29, 1.82) is 0 Å². The minimum Gasteiger partial charge on any atom is -0.452 e. The molecule has 72 valence electrons. The zero-order valence-corrected chi connectivity index (χ0v) is 7.75. The Hall–Kier alpha value is -1.06. The Labute approximate surface area is 77.3 Å². The van der Waals surface area contributed by atoms with Crippen LogP contribution in [0.2, 0.25) is 0 Å². The van der Waals surface area contributed by atoms with E-state index in [-0.39, 0.29) is 0 Å². The van der Waals surface area contributed by atoms with Gasteiger partial charge >= 0.3 is 6.09 Å². The summed E-state index contributed by atoms with van der Waals surface area (Å²) in [6, 6.07) is 0. The molecule has 0 unspecified atom stereocenters. The molecular formula is C9H14N2O2. The third-order valence-electron chi connectivity index (χ3n) is 2.45. The predicted molar refractivity (Wildman–Crippen MR) is 48.4 cm³/mol. The molecule has 13 heavy (non-hydrogen) atoms. The topological polar surface area (TPSA) is 50.7 Å². The Morgan fingerprint density at radius 3 is 2.23 bits per heavy atom. The van der Waals surface area contributed by atoms with Crippen molar-refractivity contribution in [3.63, 3.8) is 0 Å². The number of carbonyl (C=O) groups excluding carboxylic acids is 1. The van der Waals surface area contributed by atoms with Crippen molar-refractivity contribution >= 4 is 11.8 Å². The number of carbonyl (C=O) groups is 1. The highest BCUT2D eigenvalue weighted by Gasteiger charge is 2.38. The van der Waals surface area contributed by atoms with Crippen molar-refractivity contribution in [2.45, 2.75) is 25.7 Å². The summed E-state index contributed by atoms with van der Waals surface area (Å²) in [7, 11) is 1.35. The Bertz CT molecular complexity index is 228. The van der Waals surface area contributed by atoms with E-state index in [2.05, 4.69) is 15.3 Å². The van der Waals surface area contributed by atoms with Crippen LogP contribution in [0, 0.1) is 11.8 Å². The maximum absolute atomic E-state index is 10.8. The Balaban J connectivity index is 1.89. The van der Waals surface area contributed by atoms with E-state index >= 15 is 0 Å². The monoisotopic (exact) mass is 182 g/mol. The van der Waals surface area contributed by atoms with Crippen molar-refractivity contribution in [2.75, 3.05) is 7.11 Å². The van der Waals surface area contributed by atoms with Gasteiger partial charge in [0.25, 0.3) is 0 Å². The van der Waals surface area contributed by atoms with Gasteiger partial charge in [0.15, 0.2) is 0 Å². The summed E-state index contributed by atoms with van der Waals surface area (Å²) >= 11 is 0. The fourth-order valence-corrected chi connectivity index (χ4v) is 1.43. The predicted octanol–water partition coefficient (Wildman–Crippen LogP) is 1.52. The number of rotatable bonds is 3. The van der Waals surface area contributed by atoms with Crippen molar-refractivity contribution in [3.8, 4) is 0 Å². The number of ether oxygens (including phenoxy) is 1. The molecule has 2 saturated carbocycles. The van der Waals surface area contributed by atoms with Crippen LogP contribution in [0.5, 0.6) is 0 Å². The molecule has 0 aromatic rings. The molecule has 4 nitrogen and oxygen atoms in total. The highest BCUT2D eigenvalue weighted by molar-refractivity contribution is 5.93. The molecule has 0 spiro atoms. The maximum Gasteiger partial charge on any atom is 0.427 e. The molecule has 2 rings (SSSR count). The van der Waals surface area contributed by atoms with Crippen LogP contribution in [0.4, 0.5) is 4.79 Å². The van der Waals surface area contributed by atoms with E-state index in [4.69, 9.17) is 0 Å². The molecule has 0 aromatic heterocycles. The molecule has 0 bridgehead atoms. The molecule has 0 radical (unpaired) electrons. The van der Waals surface area contributed by atoms with E-state index in [9.17, 15) is 4.79 Å². The van der Waals surface area contributed by atoms with Gasteiger partial charge in [-0.1, -0.05) is 0 Å². The van der Waals surface area contributed by atoms with Crippen LogP contribution < -0.4 is 5.43 Å². The second-order valence-corrected chi connectivity index (χ2v) is 3.69. The fourth-order valence-electron chi connectivity index (χ4n) is 1.43. The van der Waals surface area contributed by atoms with Gasteiger partial charge in [-0.25, -0.2) is 10.2 Å². The molecule has 0 aromatic carbocycles. The van der Waals surface area contributed by atoms with E-state index in [1.54, 1.807) is 0 Å². The number of hydrazone groups is 1. The summed E-state index contributed by atoms with van der Waals surface area (Å²) in [5.41, 5.74) is 3.59. The van der Waals surface area contributed by atoms with Gasteiger partial charge < -0.3 is 4.74 Å².